The van der Waals surface area contributed by atoms with Gasteiger partial charge in [-0.3, -0.25) is 9.48 Å². The normalized spacial score (nSPS) is 12.5. The third-order valence-corrected chi connectivity index (χ3v) is 4.95. The van der Waals surface area contributed by atoms with Gasteiger partial charge in [0.05, 0.1) is 22.8 Å². The SMILES string of the molecule is CCC(c1csc(C=O)c1)n1cc(-c2ncnc3[nH]ccc23)cn1. The van der Waals surface area contributed by atoms with Crippen LogP contribution in [0.5, 0.6) is 0 Å². The Hall–Kier alpha value is -2.80. The summed E-state index contributed by atoms with van der Waals surface area (Å²) >= 11 is 1.46. The molecule has 4 heterocycles. The maximum absolute atomic E-state index is 10.9. The highest BCUT2D eigenvalue weighted by molar-refractivity contribution is 7.11. The summed E-state index contributed by atoms with van der Waals surface area (Å²) in [6.07, 6.45) is 9.01. The predicted molar refractivity (Wildman–Crippen MR) is 93.2 cm³/mol. The number of H-pyrrole nitrogens is 1. The highest BCUT2D eigenvalue weighted by atomic mass is 32.1. The van der Waals surface area contributed by atoms with Crippen molar-refractivity contribution in [2.75, 3.05) is 0 Å². The average molecular weight is 337 g/mol. The first kappa shape index (κ1) is 14.8. The van der Waals surface area contributed by atoms with Crippen molar-refractivity contribution in [2.24, 2.45) is 0 Å². The fraction of sp³-hybridized carbons (Fsp3) is 0.176. The van der Waals surface area contributed by atoms with E-state index in [2.05, 4.69) is 27.0 Å². The van der Waals surface area contributed by atoms with Gasteiger partial charge in [0.15, 0.2) is 6.29 Å². The molecule has 0 bridgehead atoms. The molecule has 0 aliphatic heterocycles. The molecule has 4 aromatic heterocycles. The number of thiophene rings is 1. The van der Waals surface area contributed by atoms with E-state index >= 15 is 0 Å². The molecule has 0 spiro atoms. The Morgan fingerprint density at radius 2 is 2.33 bits per heavy atom. The van der Waals surface area contributed by atoms with Crippen LogP contribution in [-0.4, -0.2) is 31.0 Å². The molecule has 0 radical (unpaired) electrons. The van der Waals surface area contributed by atoms with Crippen LogP contribution in [0.4, 0.5) is 0 Å². The number of aldehydes is 1. The highest BCUT2D eigenvalue weighted by Crippen LogP contribution is 2.29. The lowest BCUT2D eigenvalue weighted by atomic mass is 10.1. The number of hydrogen-bond acceptors (Lipinski definition) is 5. The van der Waals surface area contributed by atoms with Gasteiger partial charge in [-0.05, 0) is 29.5 Å². The Bertz CT molecular complexity index is 999. The molecule has 0 aliphatic rings. The molecule has 0 aliphatic carbocycles. The molecule has 7 heteroatoms. The van der Waals surface area contributed by atoms with Crippen molar-refractivity contribution in [1.29, 1.82) is 0 Å². The topological polar surface area (TPSA) is 76.5 Å². The molecule has 4 aromatic rings. The lowest BCUT2D eigenvalue weighted by molar-refractivity contribution is 0.112. The number of nitrogens with one attached hydrogen (secondary N) is 1. The number of fused-ring (bicyclic) bond motifs is 1. The number of aromatic nitrogens is 5. The molecule has 0 saturated carbocycles. The van der Waals surface area contributed by atoms with E-state index in [-0.39, 0.29) is 6.04 Å². The van der Waals surface area contributed by atoms with Gasteiger partial charge in [-0.1, -0.05) is 6.92 Å². The first-order chi connectivity index (χ1) is 11.8. The molecule has 120 valence electrons. The Morgan fingerprint density at radius 1 is 1.42 bits per heavy atom. The number of rotatable bonds is 5. The van der Waals surface area contributed by atoms with Gasteiger partial charge in [-0.25, -0.2) is 9.97 Å². The van der Waals surface area contributed by atoms with Crippen LogP contribution in [0.15, 0.2) is 42.4 Å². The van der Waals surface area contributed by atoms with Gasteiger partial charge in [0.25, 0.3) is 0 Å². The van der Waals surface area contributed by atoms with Crippen LogP contribution in [0.25, 0.3) is 22.3 Å². The zero-order chi connectivity index (χ0) is 16.5. The number of hydrogen-bond donors (Lipinski definition) is 1. The smallest absolute Gasteiger partial charge is 0.160 e. The van der Waals surface area contributed by atoms with Crippen LogP contribution in [0, 0.1) is 0 Å². The quantitative estimate of drug-likeness (QED) is 0.563. The second-order valence-electron chi connectivity index (χ2n) is 5.50. The Labute approximate surface area is 142 Å². The maximum Gasteiger partial charge on any atom is 0.160 e. The van der Waals surface area contributed by atoms with E-state index in [9.17, 15) is 4.79 Å². The molecule has 4 rings (SSSR count). The third-order valence-electron chi connectivity index (χ3n) is 4.08. The Morgan fingerprint density at radius 3 is 3.12 bits per heavy atom. The predicted octanol–water partition coefficient (Wildman–Crippen LogP) is 3.69. The van der Waals surface area contributed by atoms with Crippen LogP contribution >= 0.6 is 11.3 Å². The number of aromatic amines is 1. The minimum absolute atomic E-state index is 0.104. The minimum Gasteiger partial charge on any atom is -0.346 e. The summed E-state index contributed by atoms with van der Waals surface area (Å²) in [5, 5.41) is 7.53. The molecule has 24 heavy (non-hydrogen) atoms. The second kappa shape index (κ2) is 6.01. The summed E-state index contributed by atoms with van der Waals surface area (Å²) < 4.78 is 1.94. The molecular formula is C17H15N5OS. The molecule has 0 aromatic carbocycles. The average Bonchev–Trinajstić information content (AvgIpc) is 3.35. The summed E-state index contributed by atoms with van der Waals surface area (Å²) in [6.45, 7) is 2.11. The van der Waals surface area contributed by atoms with E-state index in [0.717, 1.165) is 45.4 Å². The van der Waals surface area contributed by atoms with E-state index < -0.39 is 0 Å². The van der Waals surface area contributed by atoms with E-state index in [1.54, 1.807) is 6.33 Å². The molecule has 0 saturated heterocycles. The Kier molecular flexibility index (Phi) is 3.70. The van der Waals surface area contributed by atoms with Gasteiger partial charge < -0.3 is 4.98 Å². The summed E-state index contributed by atoms with van der Waals surface area (Å²) in [6, 6.07) is 4.00. The van der Waals surface area contributed by atoms with Gasteiger partial charge in [0.2, 0.25) is 0 Å². The first-order valence-electron chi connectivity index (χ1n) is 7.66. The monoisotopic (exact) mass is 337 g/mol. The molecule has 1 unspecified atom stereocenters. The van der Waals surface area contributed by atoms with Crippen LogP contribution < -0.4 is 0 Å². The van der Waals surface area contributed by atoms with Crippen LogP contribution in [0.2, 0.25) is 0 Å². The zero-order valence-corrected chi connectivity index (χ0v) is 13.8. The molecule has 1 N–H and O–H groups in total. The molecular weight excluding hydrogens is 322 g/mol. The van der Waals surface area contributed by atoms with Crippen molar-refractivity contribution >= 4 is 28.7 Å². The number of nitrogens with zero attached hydrogens (tertiary/aromatic N) is 4. The third kappa shape index (κ3) is 2.43. The summed E-state index contributed by atoms with van der Waals surface area (Å²) in [4.78, 5) is 23.4. The summed E-state index contributed by atoms with van der Waals surface area (Å²) in [7, 11) is 0. The molecule has 1 atom stereocenters. The zero-order valence-electron chi connectivity index (χ0n) is 13.0. The van der Waals surface area contributed by atoms with E-state index in [4.69, 9.17) is 0 Å². The van der Waals surface area contributed by atoms with Gasteiger partial charge in [0, 0.05) is 23.3 Å². The molecule has 6 nitrogen and oxygen atoms in total. The van der Waals surface area contributed by atoms with Crippen LogP contribution in [0.3, 0.4) is 0 Å². The van der Waals surface area contributed by atoms with Gasteiger partial charge in [0.1, 0.15) is 12.0 Å². The van der Waals surface area contributed by atoms with Crippen molar-refractivity contribution in [2.45, 2.75) is 19.4 Å². The molecule has 0 fully saturated rings. The van der Waals surface area contributed by atoms with Crippen LogP contribution in [-0.2, 0) is 0 Å². The summed E-state index contributed by atoms with van der Waals surface area (Å²) in [5.41, 5.74) is 3.73. The molecule has 0 amide bonds. The number of carbonyl (C=O) groups excluding carboxylic acids is 1. The minimum atomic E-state index is 0.104. The number of carbonyl (C=O) groups is 1. The Balaban J connectivity index is 1.73. The fourth-order valence-corrected chi connectivity index (χ4v) is 3.67. The van der Waals surface area contributed by atoms with Crippen molar-refractivity contribution in [3.05, 3.63) is 52.9 Å². The first-order valence-corrected chi connectivity index (χ1v) is 8.54. The van der Waals surface area contributed by atoms with E-state index in [1.165, 1.54) is 11.3 Å². The van der Waals surface area contributed by atoms with Crippen molar-refractivity contribution in [3.63, 3.8) is 0 Å². The lowest BCUT2D eigenvalue weighted by Gasteiger charge is -2.13. The highest BCUT2D eigenvalue weighted by Gasteiger charge is 2.16. The van der Waals surface area contributed by atoms with Gasteiger partial charge in [-0.2, -0.15) is 5.10 Å². The summed E-state index contributed by atoms with van der Waals surface area (Å²) in [5.74, 6) is 0. The van der Waals surface area contributed by atoms with Crippen LogP contribution in [0.1, 0.15) is 34.6 Å². The maximum atomic E-state index is 10.9. The van der Waals surface area contributed by atoms with E-state index in [0.29, 0.717) is 0 Å². The second-order valence-corrected chi connectivity index (χ2v) is 6.44. The lowest BCUT2D eigenvalue weighted by Crippen LogP contribution is -2.09. The fourth-order valence-electron chi connectivity index (χ4n) is 2.91. The largest absolute Gasteiger partial charge is 0.346 e. The van der Waals surface area contributed by atoms with Gasteiger partial charge >= 0.3 is 0 Å². The van der Waals surface area contributed by atoms with Crippen molar-refractivity contribution < 1.29 is 4.79 Å². The van der Waals surface area contributed by atoms with Crippen molar-refractivity contribution in [1.82, 2.24) is 24.7 Å². The van der Waals surface area contributed by atoms with E-state index in [1.807, 2.05) is 40.8 Å². The standard InChI is InChI=1S/C17H15N5OS/c1-2-15(11-5-13(8-23)24-9-11)22-7-12(6-21-22)16-14-3-4-18-17(14)20-10-19-16/h3-10,15H,2H2,1H3,(H,18,19,20). The van der Waals surface area contributed by atoms with Crippen molar-refractivity contribution in [3.8, 4) is 11.3 Å². The van der Waals surface area contributed by atoms with Gasteiger partial charge in [-0.15, -0.1) is 11.3 Å².